The molecule has 0 aromatic heterocycles. The fourth-order valence-electron chi connectivity index (χ4n) is 2.13. The van der Waals surface area contributed by atoms with Crippen molar-refractivity contribution in [3.8, 4) is 5.75 Å². The molecule has 24 heavy (non-hydrogen) atoms. The van der Waals surface area contributed by atoms with E-state index in [2.05, 4.69) is 24.1 Å². The summed E-state index contributed by atoms with van der Waals surface area (Å²) in [6.07, 6.45) is 2.58. The highest BCUT2D eigenvalue weighted by atomic mass is 32.2. The topological polar surface area (TPSA) is 71.0 Å². The Balaban J connectivity index is 1.99. The summed E-state index contributed by atoms with van der Waals surface area (Å²) < 4.78 is 0. The van der Waals surface area contributed by atoms with E-state index in [1.54, 1.807) is 6.07 Å². The molecule has 0 saturated heterocycles. The molecule has 0 bridgehead atoms. The Kier molecular flexibility index (Phi) is 6.88. The molecule has 0 amide bonds. The Morgan fingerprint density at radius 1 is 1.25 bits per heavy atom. The third-order valence-corrected chi connectivity index (χ3v) is 4.67. The Bertz CT molecular complexity index is 714. The smallest absolute Gasteiger partial charge is 0.180 e. The minimum atomic E-state index is 0.191. The van der Waals surface area contributed by atoms with E-state index in [1.807, 2.05) is 42.5 Å². The lowest BCUT2D eigenvalue weighted by atomic mass is 9.97. The number of phenols is 1. The van der Waals surface area contributed by atoms with Crippen LogP contribution in [0.15, 0.2) is 58.7 Å². The number of thioether (sulfide) groups is 1. The lowest BCUT2D eigenvalue weighted by Gasteiger charge is -2.10. The molecule has 2 rings (SSSR count). The Morgan fingerprint density at radius 3 is 2.71 bits per heavy atom. The summed E-state index contributed by atoms with van der Waals surface area (Å²) in [5, 5.41) is 18.3. The van der Waals surface area contributed by atoms with Gasteiger partial charge in [0, 0.05) is 11.3 Å². The number of hydrogen-bond acceptors (Lipinski definition) is 4. The number of hydrogen-bond donors (Lipinski definition) is 2. The summed E-state index contributed by atoms with van der Waals surface area (Å²) >= 11 is 1.43. The summed E-state index contributed by atoms with van der Waals surface area (Å²) in [6.45, 7) is 4.30. The van der Waals surface area contributed by atoms with Crippen molar-refractivity contribution in [3.05, 3.63) is 65.2 Å². The van der Waals surface area contributed by atoms with Crippen LogP contribution in [0, 0.1) is 0 Å². The van der Waals surface area contributed by atoms with Gasteiger partial charge in [-0.3, -0.25) is 0 Å². The molecule has 0 aliphatic carbocycles. The minimum Gasteiger partial charge on any atom is -0.507 e. The summed E-state index contributed by atoms with van der Waals surface area (Å²) in [4.78, 5) is 0. The van der Waals surface area contributed by atoms with Gasteiger partial charge in [0.1, 0.15) is 5.75 Å². The first-order valence-electron chi connectivity index (χ1n) is 7.96. The van der Waals surface area contributed by atoms with Crippen LogP contribution in [0.1, 0.15) is 42.9 Å². The van der Waals surface area contributed by atoms with Crippen molar-refractivity contribution in [2.75, 3.05) is 0 Å². The first-order chi connectivity index (χ1) is 11.6. The maximum Gasteiger partial charge on any atom is 0.180 e. The lowest BCUT2D eigenvalue weighted by molar-refractivity contribution is 0.474. The van der Waals surface area contributed by atoms with Gasteiger partial charge in [-0.15, -0.1) is 5.10 Å². The normalized spacial score (nSPS) is 13.3. The molecule has 0 spiro atoms. The maximum atomic E-state index is 9.93. The van der Waals surface area contributed by atoms with Gasteiger partial charge in [0.15, 0.2) is 5.17 Å². The van der Waals surface area contributed by atoms with Gasteiger partial charge >= 0.3 is 0 Å². The fourth-order valence-corrected chi connectivity index (χ4v) is 2.74. The van der Waals surface area contributed by atoms with Gasteiger partial charge in [0.25, 0.3) is 0 Å². The van der Waals surface area contributed by atoms with Crippen LogP contribution in [0.2, 0.25) is 0 Å². The van der Waals surface area contributed by atoms with Crippen LogP contribution in [0.25, 0.3) is 0 Å². The number of aromatic hydroxyl groups is 1. The second-order valence-corrected chi connectivity index (χ2v) is 6.58. The van der Waals surface area contributed by atoms with Crippen molar-refractivity contribution in [2.24, 2.45) is 15.9 Å². The number of benzene rings is 2. The minimum absolute atomic E-state index is 0.191. The number of phenolic OH excluding ortho intramolecular Hbond substituents is 1. The van der Waals surface area contributed by atoms with Crippen LogP contribution in [-0.2, 0) is 5.75 Å². The third kappa shape index (κ3) is 5.42. The number of nitrogens with two attached hydrogens (primary N) is 1. The SMILES string of the molecule is CCC(C)c1ccc(O)c(C=NN=C(N)SCc2ccccc2)c1. The molecule has 1 unspecified atom stereocenters. The molecule has 0 saturated carbocycles. The monoisotopic (exact) mass is 341 g/mol. The second-order valence-electron chi connectivity index (χ2n) is 5.58. The predicted molar refractivity (Wildman–Crippen MR) is 104 cm³/mol. The van der Waals surface area contributed by atoms with Crippen LogP contribution in [0.5, 0.6) is 5.75 Å². The highest BCUT2D eigenvalue weighted by molar-refractivity contribution is 8.13. The van der Waals surface area contributed by atoms with Crippen LogP contribution in [-0.4, -0.2) is 16.5 Å². The van der Waals surface area contributed by atoms with E-state index in [0.29, 0.717) is 16.6 Å². The van der Waals surface area contributed by atoms with Gasteiger partial charge in [0.05, 0.1) is 6.21 Å². The van der Waals surface area contributed by atoms with E-state index in [-0.39, 0.29) is 5.75 Å². The molecule has 3 N–H and O–H groups in total. The van der Waals surface area contributed by atoms with Gasteiger partial charge < -0.3 is 10.8 Å². The quantitative estimate of drug-likeness (QED) is 0.462. The molecular formula is C19H23N3OS. The Labute approximate surface area is 147 Å². The lowest BCUT2D eigenvalue weighted by Crippen LogP contribution is -2.06. The summed E-state index contributed by atoms with van der Waals surface area (Å²) in [5.74, 6) is 1.38. The molecule has 0 aliphatic rings. The molecule has 0 fully saturated rings. The highest BCUT2D eigenvalue weighted by Crippen LogP contribution is 2.24. The van der Waals surface area contributed by atoms with Gasteiger partial charge in [-0.25, -0.2) is 0 Å². The number of rotatable bonds is 6. The zero-order valence-corrected chi connectivity index (χ0v) is 14.8. The molecule has 5 heteroatoms. The maximum absolute atomic E-state index is 9.93. The van der Waals surface area contributed by atoms with Crippen molar-refractivity contribution < 1.29 is 5.11 Å². The first kappa shape index (κ1) is 18.1. The largest absolute Gasteiger partial charge is 0.507 e. The first-order valence-corrected chi connectivity index (χ1v) is 8.94. The molecular weight excluding hydrogens is 318 g/mol. The van der Waals surface area contributed by atoms with E-state index in [4.69, 9.17) is 5.73 Å². The highest BCUT2D eigenvalue weighted by Gasteiger charge is 2.06. The van der Waals surface area contributed by atoms with Crippen LogP contribution >= 0.6 is 11.8 Å². The zero-order chi connectivity index (χ0) is 17.4. The Morgan fingerprint density at radius 2 is 2.00 bits per heavy atom. The standard InChI is InChI=1S/C19H23N3OS/c1-3-14(2)16-9-10-18(23)17(11-16)12-21-22-19(20)24-13-15-7-5-4-6-8-15/h4-12,14,23H,3,13H2,1-2H3,(H2,20,22). The molecule has 1 atom stereocenters. The second kappa shape index (κ2) is 9.13. The molecule has 2 aromatic rings. The average Bonchev–Trinajstić information content (AvgIpc) is 2.61. The van der Waals surface area contributed by atoms with Crippen molar-refractivity contribution in [2.45, 2.75) is 31.9 Å². The summed E-state index contributed by atoms with van der Waals surface area (Å²) in [6, 6.07) is 15.6. The molecule has 0 radical (unpaired) electrons. The van der Waals surface area contributed by atoms with Gasteiger partial charge in [-0.2, -0.15) is 5.10 Å². The van der Waals surface area contributed by atoms with Crippen molar-refractivity contribution in [3.63, 3.8) is 0 Å². The van der Waals surface area contributed by atoms with Crippen molar-refractivity contribution in [1.29, 1.82) is 0 Å². The summed E-state index contributed by atoms with van der Waals surface area (Å²) in [5.41, 5.74) is 8.87. The van der Waals surface area contributed by atoms with E-state index >= 15 is 0 Å². The van der Waals surface area contributed by atoms with E-state index < -0.39 is 0 Å². The molecule has 4 nitrogen and oxygen atoms in total. The fraction of sp³-hybridized carbons (Fsp3) is 0.263. The van der Waals surface area contributed by atoms with Crippen LogP contribution in [0.4, 0.5) is 0 Å². The van der Waals surface area contributed by atoms with Gasteiger partial charge in [-0.1, -0.05) is 62.0 Å². The predicted octanol–water partition coefficient (Wildman–Crippen LogP) is 4.49. The van der Waals surface area contributed by atoms with E-state index in [0.717, 1.165) is 12.2 Å². The van der Waals surface area contributed by atoms with Gasteiger partial charge in [0.2, 0.25) is 0 Å². The van der Waals surface area contributed by atoms with Crippen molar-refractivity contribution in [1.82, 2.24) is 0 Å². The van der Waals surface area contributed by atoms with Crippen LogP contribution in [0.3, 0.4) is 0 Å². The van der Waals surface area contributed by atoms with E-state index in [9.17, 15) is 5.11 Å². The molecule has 2 aromatic carbocycles. The van der Waals surface area contributed by atoms with E-state index in [1.165, 1.54) is 29.1 Å². The molecule has 0 aliphatic heterocycles. The zero-order valence-electron chi connectivity index (χ0n) is 14.0. The van der Waals surface area contributed by atoms with Gasteiger partial charge in [-0.05, 0) is 35.6 Å². The number of nitrogens with zero attached hydrogens (tertiary/aromatic N) is 2. The third-order valence-electron chi connectivity index (χ3n) is 3.82. The number of amidine groups is 1. The summed E-state index contributed by atoms with van der Waals surface area (Å²) in [7, 11) is 0. The van der Waals surface area contributed by atoms with Crippen molar-refractivity contribution >= 4 is 23.1 Å². The Hall–Kier alpha value is -2.27. The average molecular weight is 341 g/mol. The molecule has 0 heterocycles. The molecule has 126 valence electrons. The van der Waals surface area contributed by atoms with Crippen LogP contribution < -0.4 is 5.73 Å².